The maximum absolute atomic E-state index is 13.2. The summed E-state index contributed by atoms with van der Waals surface area (Å²) in [5, 5.41) is 16.2. The van der Waals surface area contributed by atoms with Crippen molar-refractivity contribution in [2.75, 3.05) is 24.3 Å². The molecule has 0 aliphatic carbocycles. The van der Waals surface area contributed by atoms with Gasteiger partial charge in [-0.15, -0.1) is 0 Å². The summed E-state index contributed by atoms with van der Waals surface area (Å²) >= 11 is 6.49. The summed E-state index contributed by atoms with van der Waals surface area (Å²) < 4.78 is 5.38. The van der Waals surface area contributed by atoms with Crippen molar-refractivity contribution in [2.45, 2.75) is 44.3 Å². The number of aliphatic imine (C=N–C) groups is 1. The van der Waals surface area contributed by atoms with Crippen LogP contribution in [0.15, 0.2) is 29.4 Å². The maximum atomic E-state index is 13.2. The molecule has 0 spiro atoms. The molecule has 1 amide bonds. The van der Waals surface area contributed by atoms with E-state index in [0.717, 1.165) is 29.7 Å². The molecule has 2 aliphatic heterocycles. The number of nitrogen functional groups attached to an aromatic ring is 1. The molecular weight excluding hydrogens is 430 g/mol. The highest BCUT2D eigenvalue weighted by molar-refractivity contribution is 6.32. The predicted molar refractivity (Wildman–Crippen MR) is 122 cm³/mol. The molecule has 32 heavy (non-hydrogen) atoms. The molecule has 9 nitrogen and oxygen atoms in total. The van der Waals surface area contributed by atoms with Crippen molar-refractivity contribution in [1.29, 1.82) is 5.26 Å². The minimum Gasteiger partial charge on any atom is -0.381 e. The van der Waals surface area contributed by atoms with Crippen molar-refractivity contribution >= 4 is 35.0 Å². The van der Waals surface area contributed by atoms with Gasteiger partial charge in [0, 0.05) is 42.0 Å². The molecule has 1 aromatic carbocycles. The van der Waals surface area contributed by atoms with Crippen molar-refractivity contribution in [3.05, 3.63) is 46.1 Å². The number of halogens is 1. The smallest absolute Gasteiger partial charge is 0.249 e. The van der Waals surface area contributed by atoms with Gasteiger partial charge in [-0.1, -0.05) is 23.7 Å². The number of nitrogens with one attached hydrogen (secondary N) is 2. The zero-order valence-corrected chi connectivity index (χ0v) is 18.4. The van der Waals surface area contributed by atoms with E-state index in [9.17, 15) is 10.1 Å². The Labute approximate surface area is 191 Å². The minimum atomic E-state index is -0.750. The SMILES string of the molecule is C[C@H](Nc1nc(N)ncc1C#N)C1=NC(C(=O)NC2CCOCC2)c2c(Cl)cccc2C1. The van der Waals surface area contributed by atoms with E-state index in [-0.39, 0.29) is 29.5 Å². The molecule has 0 saturated carbocycles. The van der Waals surface area contributed by atoms with E-state index in [1.54, 1.807) is 6.07 Å². The molecule has 2 aromatic rings. The Bertz CT molecular complexity index is 1090. The molecule has 0 radical (unpaired) electrons. The summed E-state index contributed by atoms with van der Waals surface area (Å²) in [5.74, 6) is 0.213. The maximum Gasteiger partial charge on any atom is 0.249 e. The topological polar surface area (TPSA) is 138 Å². The Hall–Kier alpha value is -3.22. The standard InChI is InChI=1S/C22H24ClN7O2/c1-12(27-20-14(10-24)11-26-22(25)30-20)17-9-13-3-2-4-16(23)18(13)19(29-17)21(31)28-15-5-7-32-8-6-15/h2-4,11-12,15,19H,5-9H2,1H3,(H,28,31)(H3,25,26,27,30)/t12-,19?/m0/s1. The molecule has 166 valence electrons. The highest BCUT2D eigenvalue weighted by atomic mass is 35.5. The number of nitrogens with two attached hydrogens (primary N) is 1. The van der Waals surface area contributed by atoms with Crippen LogP contribution >= 0.6 is 11.6 Å². The van der Waals surface area contributed by atoms with Gasteiger partial charge in [-0.05, 0) is 31.4 Å². The fourth-order valence-electron chi connectivity index (χ4n) is 3.97. The van der Waals surface area contributed by atoms with E-state index < -0.39 is 6.04 Å². The van der Waals surface area contributed by atoms with Gasteiger partial charge < -0.3 is 21.1 Å². The zero-order chi connectivity index (χ0) is 22.7. The third kappa shape index (κ3) is 4.66. The first-order valence-corrected chi connectivity index (χ1v) is 10.8. The van der Waals surface area contributed by atoms with Crippen molar-refractivity contribution in [1.82, 2.24) is 15.3 Å². The second-order valence-electron chi connectivity index (χ2n) is 7.88. The number of rotatable bonds is 5. The Morgan fingerprint density at radius 3 is 2.91 bits per heavy atom. The first-order chi connectivity index (χ1) is 15.5. The van der Waals surface area contributed by atoms with Crippen LogP contribution in [0.3, 0.4) is 0 Å². The van der Waals surface area contributed by atoms with Gasteiger partial charge in [-0.3, -0.25) is 9.79 Å². The molecule has 2 atom stereocenters. The minimum absolute atomic E-state index is 0.0560. The summed E-state index contributed by atoms with van der Waals surface area (Å²) in [4.78, 5) is 26.0. The van der Waals surface area contributed by atoms with Gasteiger partial charge in [-0.25, -0.2) is 4.98 Å². The zero-order valence-electron chi connectivity index (χ0n) is 17.6. The molecule has 1 saturated heterocycles. The number of carbonyl (C=O) groups is 1. The lowest BCUT2D eigenvalue weighted by atomic mass is 9.90. The number of aromatic nitrogens is 2. The van der Waals surface area contributed by atoms with Crippen LogP contribution in [0.5, 0.6) is 0 Å². The Kier molecular flexibility index (Phi) is 6.53. The first-order valence-electron chi connectivity index (χ1n) is 10.5. The lowest BCUT2D eigenvalue weighted by Crippen LogP contribution is -2.42. The number of hydrogen-bond donors (Lipinski definition) is 3. The van der Waals surface area contributed by atoms with Gasteiger partial charge in [0.25, 0.3) is 0 Å². The molecule has 1 unspecified atom stereocenters. The van der Waals surface area contributed by atoms with Crippen molar-refractivity contribution in [2.24, 2.45) is 4.99 Å². The van der Waals surface area contributed by atoms with Crippen LogP contribution in [0, 0.1) is 11.3 Å². The van der Waals surface area contributed by atoms with Gasteiger partial charge >= 0.3 is 0 Å². The largest absolute Gasteiger partial charge is 0.381 e. The number of hydrogen-bond acceptors (Lipinski definition) is 8. The number of ether oxygens (including phenoxy) is 1. The lowest BCUT2D eigenvalue weighted by Gasteiger charge is -2.30. The molecule has 10 heteroatoms. The fourth-order valence-corrected chi connectivity index (χ4v) is 4.26. The monoisotopic (exact) mass is 453 g/mol. The number of nitriles is 1. The normalized spacial score (nSPS) is 19.3. The van der Waals surface area contributed by atoms with E-state index in [1.165, 1.54) is 6.20 Å². The predicted octanol–water partition coefficient (Wildman–Crippen LogP) is 2.42. The Morgan fingerprint density at radius 1 is 1.38 bits per heavy atom. The summed E-state index contributed by atoms with van der Waals surface area (Å²) in [5.41, 5.74) is 8.41. The quantitative estimate of drug-likeness (QED) is 0.631. The number of amides is 1. The highest BCUT2D eigenvalue weighted by Gasteiger charge is 2.32. The second-order valence-corrected chi connectivity index (χ2v) is 8.28. The van der Waals surface area contributed by atoms with Crippen LogP contribution in [0.1, 0.15) is 42.5 Å². The molecular formula is C22H24ClN7O2. The number of anilines is 2. The van der Waals surface area contributed by atoms with Crippen LogP contribution in [0.25, 0.3) is 0 Å². The number of carbonyl (C=O) groups excluding carboxylic acids is 1. The summed E-state index contributed by atoms with van der Waals surface area (Å²) in [6.45, 7) is 3.17. The van der Waals surface area contributed by atoms with E-state index in [2.05, 4.69) is 26.7 Å². The van der Waals surface area contributed by atoms with Gasteiger partial charge in [0.15, 0.2) is 6.04 Å². The van der Waals surface area contributed by atoms with Gasteiger partial charge in [0.1, 0.15) is 17.5 Å². The molecule has 2 aliphatic rings. The van der Waals surface area contributed by atoms with Crippen molar-refractivity contribution in [3.63, 3.8) is 0 Å². The fraction of sp³-hybridized carbons (Fsp3) is 0.409. The van der Waals surface area contributed by atoms with Crippen LogP contribution in [-0.4, -0.2) is 46.9 Å². The summed E-state index contributed by atoms with van der Waals surface area (Å²) in [7, 11) is 0. The second kappa shape index (κ2) is 9.51. The van der Waals surface area contributed by atoms with Crippen molar-refractivity contribution in [3.8, 4) is 6.07 Å². The third-order valence-corrected chi connectivity index (χ3v) is 6.01. The average molecular weight is 454 g/mol. The number of nitrogens with zero attached hydrogens (tertiary/aromatic N) is 4. The van der Waals surface area contributed by atoms with Crippen LogP contribution in [0.4, 0.5) is 11.8 Å². The van der Waals surface area contributed by atoms with Crippen LogP contribution in [-0.2, 0) is 16.0 Å². The van der Waals surface area contributed by atoms with E-state index in [0.29, 0.717) is 30.5 Å². The molecule has 4 rings (SSSR count). The Balaban J connectivity index is 1.62. The van der Waals surface area contributed by atoms with Crippen LogP contribution in [0.2, 0.25) is 5.02 Å². The average Bonchev–Trinajstić information content (AvgIpc) is 2.79. The molecule has 1 aromatic heterocycles. The van der Waals surface area contributed by atoms with E-state index in [1.807, 2.05) is 19.1 Å². The summed E-state index contributed by atoms with van der Waals surface area (Å²) in [6.07, 6.45) is 3.44. The first kappa shape index (κ1) is 22.0. The molecule has 3 heterocycles. The molecule has 4 N–H and O–H groups in total. The van der Waals surface area contributed by atoms with Gasteiger partial charge in [0.05, 0.1) is 12.2 Å². The van der Waals surface area contributed by atoms with Crippen molar-refractivity contribution < 1.29 is 9.53 Å². The third-order valence-electron chi connectivity index (χ3n) is 5.68. The lowest BCUT2D eigenvalue weighted by molar-refractivity contribution is -0.123. The Morgan fingerprint density at radius 2 is 2.16 bits per heavy atom. The van der Waals surface area contributed by atoms with E-state index >= 15 is 0 Å². The van der Waals surface area contributed by atoms with Gasteiger partial charge in [-0.2, -0.15) is 10.2 Å². The molecule has 0 bridgehead atoms. The molecule has 1 fully saturated rings. The number of benzene rings is 1. The van der Waals surface area contributed by atoms with E-state index in [4.69, 9.17) is 27.1 Å². The highest BCUT2D eigenvalue weighted by Crippen LogP contribution is 2.34. The summed E-state index contributed by atoms with van der Waals surface area (Å²) in [6, 6.07) is 6.66. The van der Waals surface area contributed by atoms with Crippen LogP contribution < -0.4 is 16.4 Å². The number of fused-ring (bicyclic) bond motifs is 1. The van der Waals surface area contributed by atoms with Gasteiger partial charge in [0.2, 0.25) is 11.9 Å².